The molecule has 2 N–H and O–H groups in total. The second-order valence-electron chi connectivity index (χ2n) is 3.67. The molecule has 1 radical (unpaired) electrons. The van der Waals surface area contributed by atoms with Gasteiger partial charge in [0, 0.05) is 35.8 Å². The molecule has 0 fully saturated rings. The van der Waals surface area contributed by atoms with Gasteiger partial charge in [0.15, 0.2) is 5.37 Å². The van der Waals surface area contributed by atoms with E-state index in [9.17, 15) is 13.0 Å². The minimum Gasteiger partial charge on any atom is -0.348 e. The predicted molar refractivity (Wildman–Crippen MR) is 74.3 cm³/mol. The number of rotatable bonds is 4. The Balaban J connectivity index is 0.00000180. The van der Waals surface area contributed by atoms with Crippen LogP contribution in [-0.2, 0) is 10.1 Å². The van der Waals surface area contributed by atoms with Crippen molar-refractivity contribution in [2.24, 2.45) is 0 Å². The summed E-state index contributed by atoms with van der Waals surface area (Å²) >= 11 is 0. The Labute approximate surface area is 134 Å². The molecule has 0 aliphatic carbocycles. The Morgan fingerprint density at radius 1 is 1.05 bits per heavy atom. The second kappa shape index (κ2) is 7.02. The number of benzene rings is 1. The molecule has 2 aromatic rings. The molecule has 1 atom stereocenters. The van der Waals surface area contributed by atoms with Crippen LogP contribution in [0.15, 0.2) is 54.7 Å². The van der Waals surface area contributed by atoms with E-state index >= 15 is 0 Å². The molecule has 1 unspecified atom stereocenters. The Morgan fingerprint density at radius 3 is 2.21 bits per heavy atom. The number of hydrogen-bond acceptors (Lipinski definition) is 4. The maximum absolute atomic E-state index is 11.4. The predicted octanol–water partition coefficient (Wildman–Crippen LogP) is 1.70. The Kier molecular flexibility index (Phi) is 5.96. The van der Waals surface area contributed by atoms with Crippen LogP contribution in [0.1, 0.15) is 10.9 Å². The van der Waals surface area contributed by atoms with E-state index in [1.807, 2.05) is 0 Å². The summed E-state index contributed by atoms with van der Waals surface area (Å²) in [4.78, 5) is 3.97. The van der Waals surface area contributed by atoms with Gasteiger partial charge in [-0.2, -0.15) is 8.42 Å². The van der Waals surface area contributed by atoms with Gasteiger partial charge in [-0.3, -0.25) is 4.55 Å². The Bertz CT molecular complexity index is 605. The largest absolute Gasteiger partial charge is 0.348 e. The van der Waals surface area contributed by atoms with E-state index in [1.165, 1.54) is 6.20 Å². The molecular weight excluding hydrogens is 275 g/mol. The summed E-state index contributed by atoms with van der Waals surface area (Å²) in [6.07, 6.45) is 1.54. The van der Waals surface area contributed by atoms with Gasteiger partial charge in [0.25, 0.3) is 10.1 Å². The summed E-state index contributed by atoms with van der Waals surface area (Å²) in [5.74, 6) is 0.379. The number of nitrogens with one attached hydrogen (secondary N) is 1. The van der Waals surface area contributed by atoms with Gasteiger partial charge >= 0.3 is 0 Å². The van der Waals surface area contributed by atoms with Gasteiger partial charge in [0.1, 0.15) is 5.82 Å². The standard InChI is InChI=1S/C12H12N2O3S.Na/c15-18(16,17)12(10-6-2-1-3-7-10)14-11-8-4-5-9-13-11;/h1-9,12H,(H,13,14)(H,15,16,17);. The van der Waals surface area contributed by atoms with Gasteiger partial charge in [0.05, 0.1) is 0 Å². The third-order valence-electron chi connectivity index (χ3n) is 2.34. The third-order valence-corrected chi connectivity index (χ3v) is 3.33. The van der Waals surface area contributed by atoms with Crippen molar-refractivity contribution in [1.82, 2.24) is 4.98 Å². The molecule has 0 bridgehead atoms. The van der Waals surface area contributed by atoms with E-state index in [4.69, 9.17) is 0 Å². The van der Waals surface area contributed by atoms with E-state index in [0.717, 1.165) is 0 Å². The van der Waals surface area contributed by atoms with Crippen molar-refractivity contribution >= 4 is 45.5 Å². The molecule has 5 nitrogen and oxygen atoms in total. The maximum Gasteiger partial charge on any atom is 0.290 e. The molecule has 0 spiro atoms. The Hall–Kier alpha value is -0.920. The zero-order chi connectivity index (χ0) is 13.0. The first-order valence-electron chi connectivity index (χ1n) is 5.26. The first kappa shape index (κ1) is 16.1. The molecule has 0 saturated heterocycles. The van der Waals surface area contributed by atoms with Crippen LogP contribution >= 0.6 is 0 Å². The SMILES string of the molecule is O=S(=O)(O)C(Nc1ccccn1)c1ccccc1.[Na]. The summed E-state index contributed by atoms with van der Waals surface area (Å²) in [5, 5.41) is 1.46. The molecule has 7 heteroatoms. The molecule has 1 heterocycles. The van der Waals surface area contributed by atoms with Crippen LogP contribution in [-0.4, -0.2) is 47.5 Å². The quantitative estimate of drug-likeness (QED) is 0.661. The number of hydrogen-bond donors (Lipinski definition) is 2. The number of nitrogens with zero attached hydrogens (tertiary/aromatic N) is 1. The van der Waals surface area contributed by atoms with E-state index in [2.05, 4.69) is 10.3 Å². The number of anilines is 1. The minimum atomic E-state index is -4.27. The smallest absolute Gasteiger partial charge is 0.290 e. The molecule has 1 aromatic carbocycles. The molecule has 0 aliphatic rings. The van der Waals surface area contributed by atoms with E-state index in [1.54, 1.807) is 48.5 Å². The van der Waals surface area contributed by atoms with Gasteiger partial charge in [-0.1, -0.05) is 36.4 Å². The van der Waals surface area contributed by atoms with Gasteiger partial charge < -0.3 is 5.32 Å². The van der Waals surface area contributed by atoms with Crippen molar-refractivity contribution in [3.8, 4) is 0 Å². The summed E-state index contributed by atoms with van der Waals surface area (Å²) in [7, 11) is -4.27. The normalized spacial score (nSPS) is 12.3. The zero-order valence-corrected chi connectivity index (χ0v) is 13.2. The zero-order valence-electron chi connectivity index (χ0n) is 10.4. The fourth-order valence-electron chi connectivity index (χ4n) is 1.54. The van der Waals surface area contributed by atoms with Crippen LogP contribution in [0.2, 0.25) is 0 Å². The van der Waals surface area contributed by atoms with E-state index < -0.39 is 15.5 Å². The molecule has 19 heavy (non-hydrogen) atoms. The monoisotopic (exact) mass is 287 g/mol. The van der Waals surface area contributed by atoms with Crippen molar-refractivity contribution < 1.29 is 13.0 Å². The molecule has 2 rings (SSSR count). The van der Waals surface area contributed by atoms with Crippen LogP contribution in [0.3, 0.4) is 0 Å². The summed E-state index contributed by atoms with van der Waals surface area (Å²) in [5.41, 5.74) is 0.450. The molecule has 1 aromatic heterocycles. The van der Waals surface area contributed by atoms with Crippen molar-refractivity contribution in [3.63, 3.8) is 0 Å². The molecule has 95 valence electrons. The molecule has 0 amide bonds. The molecular formula is C12H12N2NaO3S. The van der Waals surface area contributed by atoms with Crippen LogP contribution in [0.5, 0.6) is 0 Å². The van der Waals surface area contributed by atoms with Crippen LogP contribution < -0.4 is 5.32 Å². The minimum absolute atomic E-state index is 0. The topological polar surface area (TPSA) is 79.3 Å². The first-order chi connectivity index (χ1) is 8.57. The van der Waals surface area contributed by atoms with Crippen LogP contribution in [0.25, 0.3) is 0 Å². The van der Waals surface area contributed by atoms with Crippen molar-refractivity contribution in [2.75, 3.05) is 5.32 Å². The molecule has 0 aliphatic heterocycles. The average Bonchev–Trinajstić information content (AvgIpc) is 2.37. The van der Waals surface area contributed by atoms with Crippen molar-refractivity contribution in [2.45, 2.75) is 5.37 Å². The number of pyridine rings is 1. The maximum atomic E-state index is 11.4. The van der Waals surface area contributed by atoms with Crippen LogP contribution in [0.4, 0.5) is 5.82 Å². The summed E-state index contributed by atoms with van der Waals surface area (Å²) in [6.45, 7) is 0. The van der Waals surface area contributed by atoms with Crippen molar-refractivity contribution in [3.05, 3.63) is 60.3 Å². The third kappa shape index (κ3) is 4.59. The van der Waals surface area contributed by atoms with E-state index in [0.29, 0.717) is 11.4 Å². The second-order valence-corrected chi connectivity index (χ2v) is 5.17. The fourth-order valence-corrected chi connectivity index (χ4v) is 2.31. The van der Waals surface area contributed by atoms with Gasteiger partial charge in [-0.15, -0.1) is 0 Å². The van der Waals surface area contributed by atoms with Crippen molar-refractivity contribution in [1.29, 1.82) is 0 Å². The van der Waals surface area contributed by atoms with E-state index in [-0.39, 0.29) is 29.6 Å². The fraction of sp³-hybridized carbons (Fsp3) is 0.0833. The Morgan fingerprint density at radius 2 is 1.68 bits per heavy atom. The first-order valence-corrected chi connectivity index (χ1v) is 6.76. The number of aromatic nitrogens is 1. The van der Waals surface area contributed by atoms with Gasteiger partial charge in [0.2, 0.25) is 0 Å². The van der Waals surface area contributed by atoms with Gasteiger partial charge in [-0.05, 0) is 17.7 Å². The van der Waals surface area contributed by atoms with Crippen LogP contribution in [0, 0.1) is 0 Å². The summed E-state index contributed by atoms with van der Waals surface area (Å²) in [6, 6.07) is 13.5. The summed E-state index contributed by atoms with van der Waals surface area (Å²) < 4.78 is 32.1. The van der Waals surface area contributed by atoms with Gasteiger partial charge in [-0.25, -0.2) is 4.98 Å². The molecule has 0 saturated carbocycles. The average molecular weight is 287 g/mol.